The third-order valence-electron chi connectivity index (χ3n) is 5.30. The van der Waals surface area contributed by atoms with Crippen LogP contribution in [0.3, 0.4) is 0 Å². The molecule has 94 valence electrons. The van der Waals surface area contributed by atoms with Gasteiger partial charge in [-0.3, -0.25) is 9.69 Å². The fourth-order valence-electron chi connectivity index (χ4n) is 4.68. The first kappa shape index (κ1) is 10.5. The molecular weight excluding hydrogens is 214 g/mol. The fraction of sp³-hybridized carbons (Fsp3) is 0.929. The summed E-state index contributed by atoms with van der Waals surface area (Å²) in [7, 11) is 0. The number of fused-ring (bicyclic) bond motifs is 4. The number of ether oxygens (including phenoxy) is 1. The standard InChI is InChI=1S/C14H21NO2/c16-11-6-9-2-1-3-10(7-11)15(9)13-8-12-4-5-14(13)17-12/h9-10,12-14H,1-8H2. The van der Waals surface area contributed by atoms with Crippen molar-refractivity contribution in [3.8, 4) is 0 Å². The van der Waals surface area contributed by atoms with E-state index in [1.807, 2.05) is 0 Å². The van der Waals surface area contributed by atoms with Gasteiger partial charge >= 0.3 is 0 Å². The summed E-state index contributed by atoms with van der Waals surface area (Å²) in [6, 6.07) is 1.73. The largest absolute Gasteiger partial charge is 0.373 e. The van der Waals surface area contributed by atoms with Gasteiger partial charge in [0.15, 0.2) is 0 Å². The Kier molecular flexibility index (Phi) is 2.34. The van der Waals surface area contributed by atoms with Crippen molar-refractivity contribution in [2.75, 3.05) is 0 Å². The van der Waals surface area contributed by atoms with Crippen LogP contribution in [0.15, 0.2) is 0 Å². The van der Waals surface area contributed by atoms with Crippen molar-refractivity contribution >= 4 is 5.78 Å². The maximum absolute atomic E-state index is 11.7. The zero-order valence-electron chi connectivity index (χ0n) is 10.3. The minimum atomic E-state index is 0.483. The molecule has 4 aliphatic rings. The highest BCUT2D eigenvalue weighted by Crippen LogP contribution is 2.43. The van der Waals surface area contributed by atoms with Crippen molar-refractivity contribution in [2.45, 2.75) is 81.7 Å². The van der Waals surface area contributed by atoms with E-state index in [-0.39, 0.29) is 0 Å². The molecule has 0 spiro atoms. The Morgan fingerprint density at radius 3 is 2.41 bits per heavy atom. The molecule has 0 radical (unpaired) electrons. The van der Waals surface area contributed by atoms with E-state index >= 15 is 0 Å². The first-order chi connectivity index (χ1) is 8.31. The average Bonchev–Trinajstić information content (AvgIpc) is 2.89. The topological polar surface area (TPSA) is 29.5 Å². The van der Waals surface area contributed by atoms with Crippen LogP contribution in [-0.4, -0.2) is 41.0 Å². The number of rotatable bonds is 1. The number of ketones is 1. The second-order valence-electron chi connectivity index (χ2n) is 6.31. The van der Waals surface area contributed by atoms with E-state index in [0.29, 0.717) is 36.1 Å². The van der Waals surface area contributed by atoms with Gasteiger partial charge in [0.05, 0.1) is 12.2 Å². The van der Waals surface area contributed by atoms with Crippen LogP contribution in [0, 0.1) is 0 Å². The monoisotopic (exact) mass is 235 g/mol. The van der Waals surface area contributed by atoms with Crippen molar-refractivity contribution in [3.05, 3.63) is 0 Å². The molecule has 4 fully saturated rings. The van der Waals surface area contributed by atoms with Gasteiger partial charge in [-0.05, 0) is 32.1 Å². The van der Waals surface area contributed by atoms with Crippen LogP contribution in [0.2, 0.25) is 0 Å². The molecule has 4 aliphatic heterocycles. The van der Waals surface area contributed by atoms with E-state index in [1.165, 1.54) is 38.5 Å². The number of carbonyl (C=O) groups is 1. The maximum Gasteiger partial charge on any atom is 0.136 e. The SMILES string of the molecule is O=C1CC2CCCC(C1)N2C1CC2CCC1O2. The highest BCUT2D eigenvalue weighted by molar-refractivity contribution is 5.80. The van der Waals surface area contributed by atoms with Gasteiger partial charge in [0.2, 0.25) is 0 Å². The Bertz CT molecular complexity index is 327. The zero-order valence-corrected chi connectivity index (χ0v) is 10.3. The first-order valence-corrected chi connectivity index (χ1v) is 7.26. The van der Waals surface area contributed by atoms with Crippen LogP contribution in [0.4, 0.5) is 0 Å². The van der Waals surface area contributed by atoms with Gasteiger partial charge in [0.25, 0.3) is 0 Å². The van der Waals surface area contributed by atoms with Gasteiger partial charge in [0, 0.05) is 31.0 Å². The Morgan fingerprint density at radius 1 is 1.06 bits per heavy atom. The third kappa shape index (κ3) is 1.59. The van der Waals surface area contributed by atoms with Crippen molar-refractivity contribution < 1.29 is 9.53 Å². The quantitative estimate of drug-likeness (QED) is 0.695. The molecule has 4 bridgehead atoms. The van der Waals surface area contributed by atoms with Gasteiger partial charge in [-0.2, -0.15) is 0 Å². The summed E-state index contributed by atoms with van der Waals surface area (Å²) < 4.78 is 6.00. The van der Waals surface area contributed by atoms with Crippen LogP contribution in [0.5, 0.6) is 0 Å². The van der Waals surface area contributed by atoms with Gasteiger partial charge in [-0.1, -0.05) is 6.42 Å². The summed E-state index contributed by atoms with van der Waals surface area (Å²) in [6.07, 6.45) is 10.2. The van der Waals surface area contributed by atoms with Crippen LogP contribution in [0.25, 0.3) is 0 Å². The minimum absolute atomic E-state index is 0.483. The molecule has 0 amide bonds. The Morgan fingerprint density at radius 2 is 1.82 bits per heavy atom. The molecule has 0 aromatic carbocycles. The molecule has 4 heterocycles. The molecule has 3 nitrogen and oxygen atoms in total. The van der Waals surface area contributed by atoms with Crippen molar-refractivity contribution in [2.24, 2.45) is 0 Å². The van der Waals surface area contributed by atoms with Crippen LogP contribution >= 0.6 is 0 Å². The molecule has 5 atom stereocenters. The van der Waals surface area contributed by atoms with Gasteiger partial charge in [0.1, 0.15) is 5.78 Å². The first-order valence-electron chi connectivity index (χ1n) is 7.26. The lowest BCUT2D eigenvalue weighted by atomic mass is 9.80. The normalized spacial score (nSPS) is 49.9. The van der Waals surface area contributed by atoms with E-state index in [4.69, 9.17) is 4.74 Å². The molecule has 17 heavy (non-hydrogen) atoms. The molecule has 0 aromatic heterocycles. The van der Waals surface area contributed by atoms with E-state index < -0.39 is 0 Å². The maximum atomic E-state index is 11.7. The lowest BCUT2D eigenvalue weighted by Crippen LogP contribution is -2.58. The molecular formula is C14H21NO2. The second-order valence-corrected chi connectivity index (χ2v) is 6.31. The molecule has 4 saturated heterocycles. The van der Waals surface area contributed by atoms with Crippen LogP contribution < -0.4 is 0 Å². The highest BCUT2D eigenvalue weighted by atomic mass is 16.5. The molecule has 4 rings (SSSR count). The lowest BCUT2D eigenvalue weighted by molar-refractivity contribution is -0.129. The van der Waals surface area contributed by atoms with Gasteiger partial charge < -0.3 is 4.74 Å². The van der Waals surface area contributed by atoms with E-state index in [9.17, 15) is 4.79 Å². The van der Waals surface area contributed by atoms with Crippen molar-refractivity contribution in [1.82, 2.24) is 4.90 Å². The van der Waals surface area contributed by atoms with E-state index in [0.717, 1.165) is 12.8 Å². The molecule has 0 N–H and O–H groups in total. The molecule has 0 saturated carbocycles. The Balaban J connectivity index is 1.58. The Hall–Kier alpha value is -0.410. The molecule has 3 heteroatoms. The van der Waals surface area contributed by atoms with Crippen LogP contribution in [-0.2, 0) is 9.53 Å². The van der Waals surface area contributed by atoms with Crippen LogP contribution in [0.1, 0.15) is 51.4 Å². The predicted molar refractivity (Wildman–Crippen MR) is 63.8 cm³/mol. The van der Waals surface area contributed by atoms with Gasteiger partial charge in [-0.15, -0.1) is 0 Å². The highest BCUT2D eigenvalue weighted by Gasteiger charge is 2.49. The number of hydrogen-bond donors (Lipinski definition) is 0. The summed E-state index contributed by atoms with van der Waals surface area (Å²) in [4.78, 5) is 14.4. The molecule has 0 aromatic rings. The summed E-state index contributed by atoms with van der Waals surface area (Å²) in [5, 5.41) is 0. The van der Waals surface area contributed by atoms with Crippen molar-refractivity contribution in [1.29, 1.82) is 0 Å². The second kappa shape index (κ2) is 3.79. The number of nitrogens with zero attached hydrogens (tertiary/aromatic N) is 1. The predicted octanol–water partition coefficient (Wildman–Crippen LogP) is 1.89. The Labute approximate surface area is 102 Å². The minimum Gasteiger partial charge on any atom is -0.373 e. The third-order valence-corrected chi connectivity index (χ3v) is 5.30. The smallest absolute Gasteiger partial charge is 0.136 e. The number of hydrogen-bond acceptors (Lipinski definition) is 3. The fourth-order valence-corrected chi connectivity index (χ4v) is 4.68. The lowest BCUT2D eigenvalue weighted by Gasteiger charge is -2.50. The van der Waals surface area contributed by atoms with E-state index in [2.05, 4.69) is 4.90 Å². The molecule has 0 aliphatic carbocycles. The average molecular weight is 235 g/mol. The summed E-state index contributed by atoms with van der Waals surface area (Å²) >= 11 is 0. The van der Waals surface area contributed by atoms with Crippen molar-refractivity contribution in [3.63, 3.8) is 0 Å². The number of carbonyl (C=O) groups excluding carboxylic acids is 1. The summed E-state index contributed by atoms with van der Waals surface area (Å²) in [5.41, 5.74) is 0. The van der Waals surface area contributed by atoms with Gasteiger partial charge in [-0.25, -0.2) is 0 Å². The summed E-state index contributed by atoms with van der Waals surface area (Å²) in [6.45, 7) is 0. The zero-order chi connectivity index (χ0) is 11.4. The number of Topliss-reactive ketones (excluding diaryl/α,β-unsaturated/α-hetero) is 1. The summed E-state index contributed by atoms with van der Waals surface area (Å²) in [5.74, 6) is 0.500. The number of piperidine rings is 2. The van der Waals surface area contributed by atoms with E-state index in [1.54, 1.807) is 0 Å². The molecule has 5 unspecified atom stereocenters.